The van der Waals surface area contributed by atoms with E-state index in [4.69, 9.17) is 11.6 Å². The monoisotopic (exact) mass is 268 g/mol. The number of hydrogen-bond acceptors (Lipinski definition) is 3. The molecule has 1 aromatic rings. The summed E-state index contributed by atoms with van der Waals surface area (Å²) >= 11 is 6.07. The SMILES string of the molecule is CC(C)NCc1cc(Cl)ccc1N1CCC(O)C1. The first-order valence-electron chi connectivity index (χ1n) is 6.51. The van der Waals surface area contributed by atoms with Crippen LogP contribution in [-0.2, 0) is 6.54 Å². The summed E-state index contributed by atoms with van der Waals surface area (Å²) in [4.78, 5) is 2.23. The van der Waals surface area contributed by atoms with Gasteiger partial charge in [0.2, 0.25) is 0 Å². The van der Waals surface area contributed by atoms with Gasteiger partial charge >= 0.3 is 0 Å². The van der Waals surface area contributed by atoms with Crippen LogP contribution in [0.5, 0.6) is 0 Å². The van der Waals surface area contributed by atoms with Crippen LogP contribution in [0.3, 0.4) is 0 Å². The molecule has 0 radical (unpaired) electrons. The average Bonchev–Trinajstić information content (AvgIpc) is 2.73. The predicted molar refractivity (Wildman–Crippen MR) is 76.3 cm³/mol. The van der Waals surface area contributed by atoms with E-state index in [0.717, 1.165) is 31.1 Å². The number of aliphatic hydroxyl groups is 1. The van der Waals surface area contributed by atoms with Crippen LogP contribution < -0.4 is 10.2 Å². The number of rotatable bonds is 4. The summed E-state index contributed by atoms with van der Waals surface area (Å²) in [6, 6.07) is 6.43. The van der Waals surface area contributed by atoms with Gasteiger partial charge in [-0.15, -0.1) is 0 Å². The molecule has 1 atom stereocenters. The number of β-amino-alcohol motifs (C(OH)–C–C–N with tert-alkyl or cyclic N) is 1. The molecule has 0 aliphatic carbocycles. The number of aliphatic hydroxyl groups excluding tert-OH is 1. The third-order valence-electron chi connectivity index (χ3n) is 3.25. The van der Waals surface area contributed by atoms with Crippen molar-refractivity contribution in [3.05, 3.63) is 28.8 Å². The van der Waals surface area contributed by atoms with E-state index in [2.05, 4.69) is 30.1 Å². The first kappa shape index (κ1) is 13.7. The van der Waals surface area contributed by atoms with Gasteiger partial charge in [0, 0.05) is 36.4 Å². The number of halogens is 1. The van der Waals surface area contributed by atoms with Gasteiger partial charge in [0.15, 0.2) is 0 Å². The Kier molecular flexibility index (Phi) is 4.49. The van der Waals surface area contributed by atoms with Crippen molar-refractivity contribution in [1.82, 2.24) is 5.32 Å². The van der Waals surface area contributed by atoms with E-state index < -0.39 is 0 Å². The van der Waals surface area contributed by atoms with Crippen LogP contribution in [-0.4, -0.2) is 30.3 Å². The van der Waals surface area contributed by atoms with E-state index in [0.29, 0.717) is 6.04 Å². The highest BCUT2D eigenvalue weighted by molar-refractivity contribution is 6.30. The first-order chi connectivity index (χ1) is 8.56. The maximum atomic E-state index is 9.64. The molecule has 4 heteroatoms. The second-order valence-corrected chi connectivity index (χ2v) is 5.63. The fourth-order valence-corrected chi connectivity index (χ4v) is 2.47. The molecule has 0 amide bonds. The Balaban J connectivity index is 2.17. The summed E-state index contributed by atoms with van der Waals surface area (Å²) in [5.74, 6) is 0. The van der Waals surface area contributed by atoms with E-state index in [9.17, 15) is 5.11 Å². The molecule has 1 heterocycles. The molecule has 18 heavy (non-hydrogen) atoms. The zero-order valence-corrected chi connectivity index (χ0v) is 11.7. The maximum absolute atomic E-state index is 9.64. The standard InChI is InChI=1S/C14H21ClN2O/c1-10(2)16-8-11-7-12(15)3-4-14(11)17-6-5-13(18)9-17/h3-4,7,10,13,16,18H,5-6,8-9H2,1-2H3. The van der Waals surface area contributed by atoms with Crippen molar-refractivity contribution in [2.75, 3.05) is 18.0 Å². The lowest BCUT2D eigenvalue weighted by Crippen LogP contribution is -2.26. The minimum absolute atomic E-state index is 0.202. The summed E-state index contributed by atoms with van der Waals surface area (Å²) in [7, 11) is 0. The van der Waals surface area contributed by atoms with Crippen LogP contribution in [0.15, 0.2) is 18.2 Å². The van der Waals surface area contributed by atoms with Crippen molar-refractivity contribution < 1.29 is 5.11 Å². The Morgan fingerprint density at radius 3 is 2.89 bits per heavy atom. The van der Waals surface area contributed by atoms with Gasteiger partial charge < -0.3 is 15.3 Å². The first-order valence-corrected chi connectivity index (χ1v) is 6.89. The molecule has 1 aliphatic heterocycles. The van der Waals surface area contributed by atoms with Crippen LogP contribution in [0.1, 0.15) is 25.8 Å². The molecule has 0 spiro atoms. The van der Waals surface area contributed by atoms with Gasteiger partial charge in [0.1, 0.15) is 0 Å². The van der Waals surface area contributed by atoms with Gasteiger partial charge in [0.25, 0.3) is 0 Å². The van der Waals surface area contributed by atoms with E-state index in [1.165, 1.54) is 11.3 Å². The third kappa shape index (κ3) is 3.37. The molecule has 0 aromatic heterocycles. The second-order valence-electron chi connectivity index (χ2n) is 5.20. The van der Waals surface area contributed by atoms with Gasteiger partial charge in [-0.3, -0.25) is 0 Å². The Hall–Kier alpha value is -0.770. The molecule has 2 N–H and O–H groups in total. The van der Waals surface area contributed by atoms with Crippen LogP contribution in [0.4, 0.5) is 5.69 Å². The molecule has 1 aromatic carbocycles. The molecule has 0 saturated carbocycles. The van der Waals surface area contributed by atoms with Gasteiger partial charge in [-0.1, -0.05) is 25.4 Å². The Bertz CT molecular complexity index is 409. The minimum atomic E-state index is -0.202. The maximum Gasteiger partial charge on any atom is 0.0731 e. The highest BCUT2D eigenvalue weighted by atomic mass is 35.5. The van der Waals surface area contributed by atoms with Crippen molar-refractivity contribution in [2.45, 2.75) is 39.0 Å². The van der Waals surface area contributed by atoms with Crippen molar-refractivity contribution in [3.8, 4) is 0 Å². The second kappa shape index (κ2) is 5.91. The van der Waals surface area contributed by atoms with E-state index in [1.54, 1.807) is 0 Å². The summed E-state index contributed by atoms with van der Waals surface area (Å²) in [6.07, 6.45) is 0.645. The Labute approximate surface area is 114 Å². The zero-order valence-electron chi connectivity index (χ0n) is 11.0. The average molecular weight is 269 g/mol. The molecule has 100 valence electrons. The van der Waals surface area contributed by atoms with Gasteiger partial charge in [-0.25, -0.2) is 0 Å². The number of anilines is 1. The van der Waals surface area contributed by atoms with Crippen LogP contribution in [0.2, 0.25) is 5.02 Å². The molecule has 1 saturated heterocycles. The lowest BCUT2D eigenvalue weighted by molar-refractivity contribution is 0.198. The summed E-state index contributed by atoms with van der Waals surface area (Å²) in [6.45, 7) is 6.70. The van der Waals surface area contributed by atoms with Crippen molar-refractivity contribution in [3.63, 3.8) is 0 Å². The van der Waals surface area contributed by atoms with E-state index in [1.807, 2.05) is 12.1 Å². The quantitative estimate of drug-likeness (QED) is 0.880. The van der Waals surface area contributed by atoms with E-state index in [-0.39, 0.29) is 6.10 Å². The molecule has 0 bridgehead atoms. The molecular formula is C14H21ClN2O. The van der Waals surface area contributed by atoms with Gasteiger partial charge in [-0.2, -0.15) is 0 Å². The van der Waals surface area contributed by atoms with Gasteiger partial charge in [0.05, 0.1) is 6.10 Å². The number of nitrogens with one attached hydrogen (secondary N) is 1. The number of nitrogens with zero attached hydrogens (tertiary/aromatic N) is 1. The largest absolute Gasteiger partial charge is 0.391 e. The lowest BCUT2D eigenvalue weighted by Gasteiger charge is -2.22. The number of benzene rings is 1. The fraction of sp³-hybridized carbons (Fsp3) is 0.571. The smallest absolute Gasteiger partial charge is 0.0731 e. The van der Waals surface area contributed by atoms with Crippen molar-refractivity contribution in [1.29, 1.82) is 0 Å². The Morgan fingerprint density at radius 2 is 2.28 bits per heavy atom. The van der Waals surface area contributed by atoms with Gasteiger partial charge in [-0.05, 0) is 30.2 Å². The van der Waals surface area contributed by atoms with Crippen LogP contribution in [0.25, 0.3) is 0 Å². The molecule has 2 rings (SSSR count). The summed E-state index contributed by atoms with van der Waals surface area (Å²) in [5, 5.41) is 13.8. The topological polar surface area (TPSA) is 35.5 Å². The molecule has 1 aliphatic rings. The van der Waals surface area contributed by atoms with Crippen molar-refractivity contribution >= 4 is 17.3 Å². The lowest BCUT2D eigenvalue weighted by atomic mass is 10.1. The fourth-order valence-electron chi connectivity index (χ4n) is 2.28. The summed E-state index contributed by atoms with van der Waals surface area (Å²) < 4.78 is 0. The highest BCUT2D eigenvalue weighted by Crippen LogP contribution is 2.27. The third-order valence-corrected chi connectivity index (χ3v) is 3.48. The molecule has 3 nitrogen and oxygen atoms in total. The summed E-state index contributed by atoms with van der Waals surface area (Å²) in [5.41, 5.74) is 2.38. The van der Waals surface area contributed by atoms with Crippen LogP contribution >= 0.6 is 11.6 Å². The molecular weight excluding hydrogens is 248 g/mol. The normalized spacial score (nSPS) is 19.8. The van der Waals surface area contributed by atoms with Crippen LogP contribution in [0, 0.1) is 0 Å². The minimum Gasteiger partial charge on any atom is -0.391 e. The zero-order chi connectivity index (χ0) is 13.1. The highest BCUT2D eigenvalue weighted by Gasteiger charge is 2.22. The Morgan fingerprint density at radius 1 is 1.50 bits per heavy atom. The number of hydrogen-bond donors (Lipinski definition) is 2. The van der Waals surface area contributed by atoms with E-state index >= 15 is 0 Å². The molecule has 1 unspecified atom stereocenters. The predicted octanol–water partition coefficient (Wildman–Crippen LogP) is 2.41. The van der Waals surface area contributed by atoms with Crippen molar-refractivity contribution in [2.24, 2.45) is 0 Å². The molecule has 1 fully saturated rings.